The zero-order valence-electron chi connectivity index (χ0n) is 16.6. The van der Waals surface area contributed by atoms with Gasteiger partial charge in [-0.3, -0.25) is 0 Å². The number of aryl methyl sites for hydroxylation is 1. The van der Waals surface area contributed by atoms with Crippen molar-refractivity contribution in [2.45, 2.75) is 17.7 Å². The predicted octanol–water partition coefficient (Wildman–Crippen LogP) is 2.48. The molecule has 7 heteroatoms. The molecule has 3 aromatic rings. The maximum Gasteiger partial charge on any atom is 0.361 e. The first-order valence-corrected chi connectivity index (χ1v) is 10.9. The third-order valence-electron chi connectivity index (χ3n) is 4.89. The van der Waals surface area contributed by atoms with Gasteiger partial charge < -0.3 is 15.0 Å². The van der Waals surface area contributed by atoms with Gasteiger partial charge in [-0.15, -0.1) is 0 Å². The van der Waals surface area contributed by atoms with Crippen LogP contribution in [-0.2, 0) is 19.6 Å². The lowest BCUT2D eigenvalue weighted by molar-refractivity contribution is -0.359. The summed E-state index contributed by atoms with van der Waals surface area (Å²) in [4.78, 5) is 11.1. The van der Waals surface area contributed by atoms with Crippen LogP contribution in [0.3, 0.4) is 0 Å². The Morgan fingerprint density at radius 1 is 0.933 bits per heavy atom. The molecule has 0 atom stereocenters. The lowest BCUT2D eigenvalue weighted by atomic mass is 9.98. The molecule has 3 N–H and O–H groups in total. The standard InChI is InChI=1S/C16H15NO2.C7H8O3S/c17-9-16(18)19-10-15-13-7-3-1-5-11(13)12-6-2-4-8-14(12)15;1-6-2-4-7(5-3-6)11(8,9)10/h1-8,15H,9-10,17H2;2-5H,1H3,(H,8,9,10). The molecule has 0 bridgehead atoms. The molecule has 0 amide bonds. The van der Waals surface area contributed by atoms with Crippen LogP contribution in [0.15, 0.2) is 77.7 Å². The first kappa shape index (κ1) is 21.7. The highest BCUT2D eigenvalue weighted by atomic mass is 32.2. The maximum atomic E-state index is 11.3. The van der Waals surface area contributed by atoms with Crippen molar-refractivity contribution in [3.63, 3.8) is 0 Å². The van der Waals surface area contributed by atoms with E-state index in [2.05, 4.69) is 30.0 Å². The second-order valence-corrected chi connectivity index (χ2v) is 8.31. The summed E-state index contributed by atoms with van der Waals surface area (Å²) in [5.41, 5.74) is 9.43. The summed E-state index contributed by atoms with van der Waals surface area (Å²) >= 11 is 0. The number of carbonyl (C=O) groups excluding carboxylic acids is 1. The van der Waals surface area contributed by atoms with Crippen molar-refractivity contribution in [1.82, 2.24) is 0 Å². The molecule has 0 radical (unpaired) electrons. The van der Waals surface area contributed by atoms with Gasteiger partial charge in [-0.2, -0.15) is 0 Å². The average Bonchev–Trinajstić information content (AvgIpc) is 3.06. The van der Waals surface area contributed by atoms with Gasteiger partial charge in [-0.25, -0.2) is 13.2 Å². The Bertz CT molecular complexity index is 1090. The van der Waals surface area contributed by atoms with Crippen molar-refractivity contribution in [1.29, 1.82) is 0 Å². The van der Waals surface area contributed by atoms with Crippen LogP contribution in [-0.4, -0.2) is 32.1 Å². The molecule has 0 aromatic heterocycles. The minimum atomic E-state index is -4.27. The lowest BCUT2D eigenvalue weighted by Gasteiger charge is -2.13. The Labute approximate surface area is 176 Å². The second-order valence-electron chi connectivity index (χ2n) is 6.93. The van der Waals surface area contributed by atoms with Crippen molar-refractivity contribution in [2.75, 3.05) is 13.2 Å². The molecule has 156 valence electrons. The molecule has 6 nitrogen and oxygen atoms in total. The summed E-state index contributed by atoms with van der Waals surface area (Å²) < 4.78 is 36.5. The molecule has 1 aliphatic rings. The molecule has 4 rings (SSSR count). The first-order valence-electron chi connectivity index (χ1n) is 9.47. The maximum absolute atomic E-state index is 11.3. The lowest BCUT2D eigenvalue weighted by Crippen LogP contribution is -2.54. The van der Waals surface area contributed by atoms with E-state index in [1.54, 1.807) is 12.1 Å². The zero-order chi connectivity index (χ0) is 21.7. The van der Waals surface area contributed by atoms with Crippen molar-refractivity contribution in [2.24, 2.45) is 0 Å². The number of hydrogen-bond donors (Lipinski definition) is 1. The van der Waals surface area contributed by atoms with E-state index >= 15 is 0 Å². The number of esters is 1. The van der Waals surface area contributed by atoms with Crippen molar-refractivity contribution >= 4 is 16.1 Å². The molecule has 1 aliphatic carbocycles. The van der Waals surface area contributed by atoms with Crippen molar-refractivity contribution in [3.05, 3.63) is 89.5 Å². The van der Waals surface area contributed by atoms with Crippen molar-refractivity contribution < 1.29 is 28.2 Å². The minimum Gasteiger partial charge on any atom is -0.744 e. The number of carbonyl (C=O) groups is 1. The Balaban J connectivity index is 0.000000199. The van der Waals surface area contributed by atoms with Crippen LogP contribution in [0.5, 0.6) is 0 Å². The topological polar surface area (TPSA) is 111 Å². The van der Waals surface area contributed by atoms with E-state index < -0.39 is 10.1 Å². The summed E-state index contributed by atoms with van der Waals surface area (Å²) in [6.45, 7) is 2.39. The van der Waals surface area contributed by atoms with E-state index in [1.165, 1.54) is 34.4 Å². The van der Waals surface area contributed by atoms with Gasteiger partial charge in [0, 0.05) is 5.92 Å². The van der Waals surface area contributed by atoms with Gasteiger partial charge >= 0.3 is 5.97 Å². The van der Waals surface area contributed by atoms with Gasteiger partial charge in [0.1, 0.15) is 16.7 Å². The van der Waals surface area contributed by atoms with Crippen LogP contribution in [0.1, 0.15) is 22.6 Å². The Kier molecular flexibility index (Phi) is 6.66. The molecular weight excluding hydrogens is 402 g/mol. The monoisotopic (exact) mass is 425 g/mol. The van der Waals surface area contributed by atoms with Gasteiger partial charge in [0.25, 0.3) is 0 Å². The van der Waals surface area contributed by atoms with Gasteiger partial charge in [0.2, 0.25) is 0 Å². The summed E-state index contributed by atoms with van der Waals surface area (Å²) in [5, 5.41) is 0. The Hall–Kier alpha value is -3.00. The number of fused-ring (bicyclic) bond motifs is 3. The number of rotatable bonds is 4. The zero-order valence-corrected chi connectivity index (χ0v) is 17.4. The molecule has 0 saturated carbocycles. The number of quaternary nitrogens is 1. The summed E-state index contributed by atoms with van der Waals surface area (Å²) in [7, 11) is -4.27. The highest BCUT2D eigenvalue weighted by molar-refractivity contribution is 7.85. The van der Waals surface area contributed by atoms with E-state index in [9.17, 15) is 17.8 Å². The Morgan fingerprint density at radius 2 is 1.43 bits per heavy atom. The molecular formula is C23H23NO5S. The number of ether oxygens (including phenoxy) is 1. The normalized spacial score (nSPS) is 12.4. The first-order chi connectivity index (χ1) is 14.3. The summed E-state index contributed by atoms with van der Waals surface area (Å²) in [6.07, 6.45) is 0. The third-order valence-corrected chi connectivity index (χ3v) is 5.74. The molecule has 0 aliphatic heterocycles. The molecule has 0 spiro atoms. The molecule has 0 saturated heterocycles. The highest BCUT2D eigenvalue weighted by Gasteiger charge is 2.28. The summed E-state index contributed by atoms with van der Waals surface area (Å²) in [6, 6.07) is 22.4. The fourth-order valence-corrected chi connectivity index (χ4v) is 3.86. The largest absolute Gasteiger partial charge is 0.744 e. The number of hydrogen-bond acceptors (Lipinski definition) is 5. The predicted molar refractivity (Wildman–Crippen MR) is 112 cm³/mol. The van der Waals surface area contributed by atoms with Crippen LogP contribution in [0.25, 0.3) is 11.1 Å². The van der Waals surface area contributed by atoms with Crippen LogP contribution >= 0.6 is 0 Å². The van der Waals surface area contributed by atoms with Gasteiger partial charge in [0.15, 0.2) is 6.54 Å². The van der Waals surface area contributed by atoms with Gasteiger partial charge in [-0.05, 0) is 41.3 Å². The van der Waals surface area contributed by atoms with E-state index in [-0.39, 0.29) is 23.3 Å². The summed E-state index contributed by atoms with van der Waals surface area (Å²) in [5.74, 6) is -0.107. The van der Waals surface area contributed by atoms with Crippen LogP contribution in [0.4, 0.5) is 0 Å². The van der Waals surface area contributed by atoms with E-state index in [4.69, 9.17) is 4.74 Å². The third kappa shape index (κ3) is 4.94. The van der Waals surface area contributed by atoms with E-state index in [0.29, 0.717) is 6.61 Å². The highest BCUT2D eigenvalue weighted by Crippen LogP contribution is 2.44. The molecule has 3 aromatic carbocycles. The second kappa shape index (κ2) is 9.21. The molecule has 0 fully saturated rings. The van der Waals surface area contributed by atoms with Crippen molar-refractivity contribution in [3.8, 4) is 11.1 Å². The molecule has 0 heterocycles. The van der Waals surface area contributed by atoms with E-state index in [0.717, 1.165) is 5.56 Å². The van der Waals surface area contributed by atoms with Gasteiger partial charge in [0.05, 0.1) is 4.90 Å². The van der Waals surface area contributed by atoms with E-state index in [1.807, 2.05) is 31.2 Å². The average molecular weight is 426 g/mol. The fraction of sp³-hybridized carbons (Fsp3) is 0.174. The minimum absolute atomic E-state index is 0.142. The van der Waals surface area contributed by atoms with Gasteiger partial charge in [-0.1, -0.05) is 66.2 Å². The van der Waals surface area contributed by atoms with Crippen LogP contribution in [0.2, 0.25) is 0 Å². The van der Waals surface area contributed by atoms with Crippen LogP contribution < -0.4 is 5.73 Å². The smallest absolute Gasteiger partial charge is 0.361 e. The quantitative estimate of drug-likeness (QED) is 0.510. The number of benzene rings is 3. The van der Waals surface area contributed by atoms with Crippen LogP contribution in [0, 0.1) is 6.92 Å². The molecule has 30 heavy (non-hydrogen) atoms. The Morgan fingerprint density at radius 3 is 1.90 bits per heavy atom. The SMILES string of the molecule is Cc1ccc(S(=O)(=O)[O-])cc1.[NH3+]CC(=O)OCC1c2ccccc2-c2ccccc21. The molecule has 0 unspecified atom stereocenters. The fourth-order valence-electron chi connectivity index (χ4n) is 3.39.